The molecule has 1 saturated heterocycles. The summed E-state index contributed by atoms with van der Waals surface area (Å²) in [6.45, 7) is 0. The molecule has 142 valence electrons. The van der Waals surface area contributed by atoms with Gasteiger partial charge in [0.25, 0.3) is 5.91 Å². The lowest BCUT2D eigenvalue weighted by Gasteiger charge is -2.33. The number of carbonyl (C=O) groups is 2. The molecule has 4 rings (SSSR count). The van der Waals surface area contributed by atoms with Crippen LogP contribution in [-0.2, 0) is 4.79 Å². The van der Waals surface area contributed by atoms with Gasteiger partial charge in [0, 0.05) is 20.1 Å². The molecule has 1 aromatic carbocycles. The van der Waals surface area contributed by atoms with Crippen LogP contribution in [0.1, 0.15) is 29.8 Å². The van der Waals surface area contributed by atoms with Gasteiger partial charge in [-0.15, -0.1) is 0 Å². The Kier molecular flexibility index (Phi) is 4.38. The van der Waals surface area contributed by atoms with Crippen molar-refractivity contribution in [2.75, 3.05) is 19.0 Å². The van der Waals surface area contributed by atoms with E-state index in [9.17, 15) is 14.0 Å². The average molecular weight is 388 g/mol. The quantitative estimate of drug-likeness (QED) is 0.873. The van der Waals surface area contributed by atoms with E-state index >= 15 is 0 Å². The second kappa shape index (κ2) is 6.60. The molecule has 2 N–H and O–H groups in total. The number of rotatable bonds is 4. The van der Waals surface area contributed by atoms with Crippen LogP contribution in [0.2, 0.25) is 0 Å². The number of amides is 2. The fourth-order valence-electron chi connectivity index (χ4n) is 4.21. The van der Waals surface area contributed by atoms with Crippen molar-refractivity contribution in [2.45, 2.75) is 31.3 Å². The molecular formula is C19H21FN4O2S. The maximum Gasteiger partial charge on any atom is 0.275 e. The smallest absolute Gasteiger partial charge is 0.275 e. The van der Waals surface area contributed by atoms with Crippen LogP contribution in [-0.4, -0.2) is 47.9 Å². The first kappa shape index (κ1) is 17.9. The summed E-state index contributed by atoms with van der Waals surface area (Å²) in [6.07, 6.45) is 2.62. The highest BCUT2D eigenvalue weighted by Crippen LogP contribution is 2.44. The second-order valence-corrected chi connectivity index (χ2v) is 8.34. The van der Waals surface area contributed by atoms with Crippen LogP contribution in [0.5, 0.6) is 0 Å². The predicted octanol–water partition coefficient (Wildman–Crippen LogP) is 2.49. The van der Waals surface area contributed by atoms with Crippen molar-refractivity contribution in [1.82, 2.24) is 9.88 Å². The zero-order valence-corrected chi connectivity index (χ0v) is 16.0. The van der Waals surface area contributed by atoms with Crippen LogP contribution in [0.15, 0.2) is 24.3 Å². The molecule has 8 heteroatoms. The first-order valence-electron chi connectivity index (χ1n) is 8.93. The largest absolute Gasteiger partial charge is 0.368 e. The molecule has 2 fully saturated rings. The zero-order chi connectivity index (χ0) is 19.3. The van der Waals surface area contributed by atoms with Gasteiger partial charge in [0.15, 0.2) is 5.13 Å². The summed E-state index contributed by atoms with van der Waals surface area (Å²) in [5.41, 5.74) is 6.64. The number of hydrogen-bond acceptors (Lipinski definition) is 5. The number of nitrogens with zero attached hydrogens (tertiary/aromatic N) is 3. The van der Waals surface area contributed by atoms with E-state index in [4.69, 9.17) is 5.73 Å². The van der Waals surface area contributed by atoms with Gasteiger partial charge in [0.05, 0.1) is 4.88 Å². The van der Waals surface area contributed by atoms with Crippen molar-refractivity contribution in [2.24, 2.45) is 11.7 Å². The zero-order valence-electron chi connectivity index (χ0n) is 15.2. The molecule has 1 aliphatic carbocycles. The first-order valence-corrected chi connectivity index (χ1v) is 9.74. The third-order valence-electron chi connectivity index (χ3n) is 5.42. The average Bonchev–Trinajstić information content (AvgIpc) is 3.35. The third kappa shape index (κ3) is 2.97. The molecule has 2 bridgehead atoms. The van der Waals surface area contributed by atoms with Crippen LogP contribution in [0, 0.1) is 11.7 Å². The van der Waals surface area contributed by atoms with E-state index in [-0.39, 0.29) is 23.7 Å². The van der Waals surface area contributed by atoms with Gasteiger partial charge in [-0.05, 0) is 42.9 Å². The number of hydrogen-bond donors (Lipinski definition) is 1. The van der Waals surface area contributed by atoms with Crippen LogP contribution < -0.4 is 10.6 Å². The Balaban J connectivity index is 1.77. The number of piperidine rings is 1. The Morgan fingerprint density at radius 1 is 1.26 bits per heavy atom. The van der Waals surface area contributed by atoms with Crippen molar-refractivity contribution < 1.29 is 14.0 Å². The van der Waals surface area contributed by atoms with Gasteiger partial charge in [-0.25, -0.2) is 9.37 Å². The molecule has 1 saturated carbocycles. The van der Waals surface area contributed by atoms with Gasteiger partial charge in [0.1, 0.15) is 17.6 Å². The normalized spacial score (nSPS) is 23.7. The summed E-state index contributed by atoms with van der Waals surface area (Å²) in [7, 11) is 3.71. The maximum absolute atomic E-state index is 13.4. The number of carbonyl (C=O) groups excluding carboxylic acids is 2. The standard InChI is InChI=1S/C19H21FN4O2S/c1-23(2)19-22-14(16(27-19)10-3-6-12(20)7-4-10)18(26)24-13-8-5-11(9-13)15(24)17(21)25/h3-4,6-7,11,13,15H,5,8-9H2,1-2H3,(H2,21,25)/t11-,13+,15-/m1/s1. The van der Waals surface area contributed by atoms with Crippen molar-refractivity contribution in [3.8, 4) is 10.4 Å². The molecule has 0 unspecified atom stereocenters. The third-order valence-corrected chi connectivity index (χ3v) is 6.69. The van der Waals surface area contributed by atoms with Crippen molar-refractivity contribution in [3.63, 3.8) is 0 Å². The number of fused-ring (bicyclic) bond motifs is 2. The van der Waals surface area contributed by atoms with Gasteiger partial charge < -0.3 is 15.5 Å². The number of aromatic nitrogens is 1. The first-order chi connectivity index (χ1) is 12.9. The summed E-state index contributed by atoms with van der Waals surface area (Å²) in [5, 5.41) is 0.678. The summed E-state index contributed by atoms with van der Waals surface area (Å²) >= 11 is 1.37. The van der Waals surface area contributed by atoms with E-state index in [1.165, 1.54) is 23.5 Å². The minimum Gasteiger partial charge on any atom is -0.368 e. The Morgan fingerprint density at radius 2 is 1.96 bits per heavy atom. The highest BCUT2D eigenvalue weighted by molar-refractivity contribution is 7.19. The topological polar surface area (TPSA) is 79.5 Å². The molecule has 1 aliphatic heterocycles. The molecule has 3 atom stereocenters. The summed E-state index contributed by atoms with van der Waals surface area (Å²) in [4.78, 5) is 34.1. The van der Waals surface area contributed by atoms with E-state index in [1.807, 2.05) is 19.0 Å². The van der Waals surface area contributed by atoms with E-state index in [0.29, 0.717) is 15.7 Å². The molecule has 0 radical (unpaired) electrons. The second-order valence-electron chi connectivity index (χ2n) is 7.36. The molecule has 0 spiro atoms. The Morgan fingerprint density at radius 3 is 2.59 bits per heavy atom. The summed E-state index contributed by atoms with van der Waals surface area (Å²) < 4.78 is 13.3. The van der Waals surface area contributed by atoms with Crippen LogP contribution in [0.4, 0.5) is 9.52 Å². The Bertz CT molecular complexity index is 896. The van der Waals surface area contributed by atoms with E-state index in [1.54, 1.807) is 17.0 Å². The minimum atomic E-state index is -0.568. The van der Waals surface area contributed by atoms with Crippen LogP contribution in [0.25, 0.3) is 10.4 Å². The van der Waals surface area contributed by atoms with E-state index < -0.39 is 11.9 Å². The number of likely N-dealkylation sites (tertiary alicyclic amines) is 1. The van der Waals surface area contributed by atoms with Crippen molar-refractivity contribution >= 4 is 28.3 Å². The molecule has 2 heterocycles. The summed E-state index contributed by atoms with van der Waals surface area (Å²) in [5.74, 6) is -0.927. The highest BCUT2D eigenvalue weighted by atomic mass is 32.1. The molecule has 2 aliphatic rings. The van der Waals surface area contributed by atoms with Crippen molar-refractivity contribution in [3.05, 3.63) is 35.8 Å². The van der Waals surface area contributed by atoms with Gasteiger partial charge >= 0.3 is 0 Å². The Hall–Kier alpha value is -2.48. The minimum absolute atomic E-state index is 0.0329. The SMILES string of the molecule is CN(C)c1nc(C(=O)N2[C@H]3CC[C@H](C3)[C@@H]2C(N)=O)c(-c2ccc(F)cc2)s1. The molecule has 6 nitrogen and oxygen atoms in total. The maximum atomic E-state index is 13.4. The number of anilines is 1. The molecular weight excluding hydrogens is 367 g/mol. The van der Waals surface area contributed by atoms with Crippen LogP contribution in [0.3, 0.4) is 0 Å². The predicted molar refractivity (Wildman–Crippen MR) is 102 cm³/mol. The van der Waals surface area contributed by atoms with E-state index in [0.717, 1.165) is 24.8 Å². The highest BCUT2D eigenvalue weighted by Gasteiger charge is 2.51. The van der Waals surface area contributed by atoms with Gasteiger partial charge in [0.2, 0.25) is 5.91 Å². The molecule has 27 heavy (non-hydrogen) atoms. The van der Waals surface area contributed by atoms with Gasteiger partial charge in [-0.3, -0.25) is 9.59 Å². The number of primary amides is 1. The number of thiazole rings is 1. The number of benzene rings is 1. The number of halogens is 1. The monoisotopic (exact) mass is 388 g/mol. The lowest BCUT2D eigenvalue weighted by atomic mass is 9.97. The van der Waals surface area contributed by atoms with E-state index in [2.05, 4.69) is 4.98 Å². The molecule has 2 amide bonds. The fraction of sp³-hybridized carbons (Fsp3) is 0.421. The Labute approximate surface area is 160 Å². The lowest BCUT2D eigenvalue weighted by Crippen LogP contribution is -2.51. The fourth-order valence-corrected chi connectivity index (χ4v) is 5.20. The molecule has 1 aromatic heterocycles. The van der Waals surface area contributed by atoms with Crippen LogP contribution >= 0.6 is 11.3 Å². The van der Waals surface area contributed by atoms with Gasteiger partial charge in [-0.2, -0.15) is 0 Å². The number of nitrogens with two attached hydrogens (primary N) is 1. The lowest BCUT2D eigenvalue weighted by molar-refractivity contribution is -0.123. The van der Waals surface area contributed by atoms with Crippen molar-refractivity contribution in [1.29, 1.82) is 0 Å². The van der Waals surface area contributed by atoms with Gasteiger partial charge in [-0.1, -0.05) is 23.5 Å². The molecule has 2 aromatic rings. The summed E-state index contributed by atoms with van der Waals surface area (Å²) in [6, 6.07) is 5.47.